The number of carbonyl (C=O) groups excluding carboxylic acids is 1. The number of sulfonamides is 1. The molecule has 128 valence electrons. The SMILES string of the molecule is CNC(=O)c1cc(NS(=O)(=O)c2ccc(F)c(OC)c2)ccc1Cl. The first-order chi connectivity index (χ1) is 11.3. The summed E-state index contributed by atoms with van der Waals surface area (Å²) >= 11 is 5.92. The molecule has 0 atom stereocenters. The van der Waals surface area contributed by atoms with Crippen LogP contribution in [0, 0.1) is 5.82 Å². The van der Waals surface area contributed by atoms with Crippen LogP contribution in [0.4, 0.5) is 10.1 Å². The highest BCUT2D eigenvalue weighted by atomic mass is 35.5. The van der Waals surface area contributed by atoms with Crippen molar-refractivity contribution in [3.63, 3.8) is 0 Å². The highest BCUT2D eigenvalue weighted by molar-refractivity contribution is 7.92. The zero-order chi connectivity index (χ0) is 17.9. The Morgan fingerprint density at radius 1 is 1.21 bits per heavy atom. The van der Waals surface area contributed by atoms with E-state index in [0.29, 0.717) is 0 Å². The minimum Gasteiger partial charge on any atom is -0.494 e. The smallest absolute Gasteiger partial charge is 0.262 e. The number of nitrogens with one attached hydrogen (secondary N) is 2. The first kappa shape index (κ1) is 18.0. The Morgan fingerprint density at radius 3 is 2.54 bits per heavy atom. The summed E-state index contributed by atoms with van der Waals surface area (Å²) in [7, 11) is -1.33. The number of halogens is 2. The van der Waals surface area contributed by atoms with Gasteiger partial charge < -0.3 is 10.1 Å². The van der Waals surface area contributed by atoms with Crippen molar-refractivity contribution in [1.82, 2.24) is 5.32 Å². The summed E-state index contributed by atoms with van der Waals surface area (Å²) < 4.78 is 45.3. The fourth-order valence-corrected chi connectivity index (χ4v) is 3.19. The Balaban J connectivity index is 2.38. The molecule has 0 fully saturated rings. The average Bonchev–Trinajstić information content (AvgIpc) is 2.55. The third-order valence-electron chi connectivity index (χ3n) is 3.12. The molecule has 2 rings (SSSR count). The molecule has 24 heavy (non-hydrogen) atoms. The van der Waals surface area contributed by atoms with E-state index in [1.807, 2.05) is 0 Å². The van der Waals surface area contributed by atoms with E-state index < -0.39 is 21.7 Å². The van der Waals surface area contributed by atoms with Crippen LogP contribution in [-0.4, -0.2) is 28.5 Å². The Bertz CT molecular complexity index is 887. The molecule has 9 heteroatoms. The molecule has 0 aliphatic rings. The monoisotopic (exact) mass is 372 g/mol. The van der Waals surface area contributed by atoms with Gasteiger partial charge >= 0.3 is 0 Å². The second kappa shape index (κ2) is 7.06. The van der Waals surface area contributed by atoms with Crippen molar-refractivity contribution >= 4 is 33.2 Å². The molecule has 0 heterocycles. The fraction of sp³-hybridized carbons (Fsp3) is 0.133. The summed E-state index contributed by atoms with van der Waals surface area (Å²) in [5.74, 6) is -1.32. The molecule has 1 amide bonds. The topological polar surface area (TPSA) is 84.5 Å². The van der Waals surface area contributed by atoms with Gasteiger partial charge in [-0.3, -0.25) is 9.52 Å². The molecule has 2 aromatic carbocycles. The summed E-state index contributed by atoms with van der Waals surface area (Å²) in [5, 5.41) is 2.59. The predicted molar refractivity (Wildman–Crippen MR) is 88.6 cm³/mol. The van der Waals surface area contributed by atoms with Crippen LogP contribution in [0.25, 0.3) is 0 Å². The normalized spacial score (nSPS) is 11.0. The molecule has 0 aliphatic heterocycles. The van der Waals surface area contributed by atoms with Crippen molar-refractivity contribution in [2.24, 2.45) is 0 Å². The number of rotatable bonds is 5. The van der Waals surface area contributed by atoms with Gasteiger partial charge in [0, 0.05) is 18.8 Å². The van der Waals surface area contributed by atoms with E-state index in [1.54, 1.807) is 0 Å². The molecule has 0 saturated heterocycles. The van der Waals surface area contributed by atoms with Crippen LogP contribution in [-0.2, 0) is 10.0 Å². The lowest BCUT2D eigenvalue weighted by Crippen LogP contribution is -2.19. The van der Waals surface area contributed by atoms with E-state index in [0.717, 1.165) is 18.2 Å². The summed E-state index contributed by atoms with van der Waals surface area (Å²) in [6, 6.07) is 7.27. The molecular weight excluding hydrogens is 359 g/mol. The zero-order valence-electron chi connectivity index (χ0n) is 12.8. The second-order valence-corrected chi connectivity index (χ2v) is 6.77. The van der Waals surface area contributed by atoms with Crippen molar-refractivity contribution in [3.8, 4) is 5.75 Å². The molecule has 0 radical (unpaired) electrons. The minimum atomic E-state index is -4.00. The summed E-state index contributed by atoms with van der Waals surface area (Å²) in [5.41, 5.74) is 0.261. The van der Waals surface area contributed by atoms with Gasteiger partial charge in [-0.2, -0.15) is 0 Å². The van der Waals surface area contributed by atoms with E-state index >= 15 is 0 Å². The predicted octanol–water partition coefficient (Wildman–Crippen LogP) is 2.65. The van der Waals surface area contributed by atoms with Gasteiger partial charge in [0.2, 0.25) is 0 Å². The summed E-state index contributed by atoms with van der Waals surface area (Å²) in [6.45, 7) is 0. The molecule has 0 bridgehead atoms. The largest absolute Gasteiger partial charge is 0.494 e. The minimum absolute atomic E-state index is 0.121. The lowest BCUT2D eigenvalue weighted by molar-refractivity contribution is 0.0963. The van der Waals surface area contributed by atoms with Gasteiger partial charge in [0.05, 0.1) is 22.6 Å². The van der Waals surface area contributed by atoms with Crippen LogP contribution >= 0.6 is 11.6 Å². The van der Waals surface area contributed by atoms with E-state index in [4.69, 9.17) is 16.3 Å². The number of anilines is 1. The molecule has 2 aromatic rings. The number of ether oxygens (including phenoxy) is 1. The molecule has 0 aliphatic carbocycles. The number of carbonyl (C=O) groups is 1. The maximum Gasteiger partial charge on any atom is 0.262 e. The molecule has 0 saturated carbocycles. The van der Waals surface area contributed by atoms with Crippen LogP contribution in [0.1, 0.15) is 10.4 Å². The van der Waals surface area contributed by atoms with Gasteiger partial charge in [0.1, 0.15) is 0 Å². The van der Waals surface area contributed by atoms with Crippen LogP contribution in [0.5, 0.6) is 5.75 Å². The van der Waals surface area contributed by atoms with Gasteiger partial charge in [-0.1, -0.05) is 11.6 Å². The molecular formula is C15H14ClFN2O4S. The second-order valence-electron chi connectivity index (χ2n) is 4.68. The highest BCUT2D eigenvalue weighted by Crippen LogP contribution is 2.25. The first-order valence-corrected chi connectivity index (χ1v) is 8.52. The third kappa shape index (κ3) is 3.77. The molecule has 2 N–H and O–H groups in total. The lowest BCUT2D eigenvalue weighted by atomic mass is 10.2. The standard InChI is InChI=1S/C15H14ClFN2O4S/c1-18-15(20)11-7-9(3-5-12(11)16)19-24(21,22)10-4-6-13(17)14(8-10)23-2/h3-8,19H,1-2H3,(H,18,20). The molecule has 0 aromatic heterocycles. The van der Waals surface area contributed by atoms with Crippen LogP contribution in [0.2, 0.25) is 5.02 Å². The van der Waals surface area contributed by atoms with E-state index in [-0.39, 0.29) is 26.9 Å². The van der Waals surface area contributed by atoms with E-state index in [1.165, 1.54) is 32.4 Å². The van der Waals surface area contributed by atoms with Gasteiger partial charge in [0.15, 0.2) is 11.6 Å². The van der Waals surface area contributed by atoms with Crippen LogP contribution in [0.3, 0.4) is 0 Å². The van der Waals surface area contributed by atoms with E-state index in [2.05, 4.69) is 10.0 Å². The number of methoxy groups -OCH3 is 1. The van der Waals surface area contributed by atoms with Gasteiger partial charge in [0.25, 0.3) is 15.9 Å². The number of hydrogen-bond donors (Lipinski definition) is 2. The summed E-state index contributed by atoms with van der Waals surface area (Å²) in [6.07, 6.45) is 0. The molecule has 0 unspecified atom stereocenters. The average molecular weight is 373 g/mol. The van der Waals surface area contributed by atoms with Gasteiger partial charge in [-0.15, -0.1) is 0 Å². The Kier molecular flexibility index (Phi) is 5.30. The highest BCUT2D eigenvalue weighted by Gasteiger charge is 2.18. The van der Waals surface area contributed by atoms with Gasteiger partial charge in [-0.25, -0.2) is 12.8 Å². The van der Waals surface area contributed by atoms with Crippen LogP contribution in [0.15, 0.2) is 41.3 Å². The van der Waals surface area contributed by atoms with Crippen molar-refractivity contribution in [2.45, 2.75) is 4.90 Å². The maximum absolute atomic E-state index is 13.4. The number of amides is 1. The van der Waals surface area contributed by atoms with Crippen molar-refractivity contribution in [2.75, 3.05) is 18.9 Å². The van der Waals surface area contributed by atoms with E-state index in [9.17, 15) is 17.6 Å². The Morgan fingerprint density at radius 2 is 1.92 bits per heavy atom. The third-order valence-corrected chi connectivity index (χ3v) is 4.83. The number of hydrogen-bond acceptors (Lipinski definition) is 4. The molecule has 6 nitrogen and oxygen atoms in total. The Hall–Kier alpha value is -2.32. The van der Waals surface area contributed by atoms with Gasteiger partial charge in [-0.05, 0) is 30.3 Å². The van der Waals surface area contributed by atoms with Crippen molar-refractivity contribution in [1.29, 1.82) is 0 Å². The van der Waals surface area contributed by atoms with Crippen LogP contribution < -0.4 is 14.8 Å². The summed E-state index contributed by atoms with van der Waals surface area (Å²) in [4.78, 5) is 11.5. The number of benzene rings is 2. The first-order valence-electron chi connectivity index (χ1n) is 6.66. The lowest BCUT2D eigenvalue weighted by Gasteiger charge is -2.11. The fourth-order valence-electron chi connectivity index (χ4n) is 1.92. The van der Waals surface area contributed by atoms with Crippen molar-refractivity contribution in [3.05, 3.63) is 52.8 Å². The maximum atomic E-state index is 13.4. The molecule has 0 spiro atoms. The zero-order valence-corrected chi connectivity index (χ0v) is 14.3. The quantitative estimate of drug-likeness (QED) is 0.845. The Labute approximate surface area is 143 Å². The van der Waals surface area contributed by atoms with Crippen molar-refractivity contribution < 1.29 is 22.3 Å².